The average Bonchev–Trinajstić information content (AvgIpc) is 2.58. The van der Waals surface area contributed by atoms with Crippen LogP contribution in [-0.4, -0.2) is 17.8 Å². The largest absolute Gasteiger partial charge is 0.444 e. The van der Waals surface area contributed by atoms with Gasteiger partial charge in [-0.1, -0.05) is 42.5 Å². The van der Waals surface area contributed by atoms with Crippen molar-refractivity contribution in [1.82, 2.24) is 5.32 Å². The maximum absolute atomic E-state index is 12.2. The molecule has 0 saturated heterocycles. The molecule has 2 amide bonds. The van der Waals surface area contributed by atoms with E-state index in [-0.39, 0.29) is 5.91 Å². The first kappa shape index (κ1) is 17.2. The molecule has 0 radical (unpaired) electrons. The Hall–Kier alpha value is -3.15. The fourth-order valence-electron chi connectivity index (χ4n) is 2.08. The predicted molar refractivity (Wildman–Crippen MR) is 87.8 cm³/mol. The Labute approximate surface area is 139 Å². The third-order valence-corrected chi connectivity index (χ3v) is 3.32. The van der Waals surface area contributed by atoms with Crippen molar-refractivity contribution in [3.63, 3.8) is 0 Å². The lowest BCUT2D eigenvalue weighted by Gasteiger charge is -2.15. The average molecular weight is 326 g/mol. The highest BCUT2D eigenvalue weighted by atomic mass is 16.5. The van der Waals surface area contributed by atoms with Crippen molar-refractivity contribution in [2.24, 2.45) is 5.73 Å². The van der Waals surface area contributed by atoms with Crippen molar-refractivity contribution in [2.75, 3.05) is 0 Å². The predicted octanol–water partition coefficient (Wildman–Crippen LogP) is 1.71. The first-order valence-corrected chi connectivity index (χ1v) is 7.36. The third kappa shape index (κ3) is 4.67. The monoisotopic (exact) mass is 326 g/mol. The second-order valence-electron chi connectivity index (χ2n) is 5.21. The van der Waals surface area contributed by atoms with Crippen LogP contribution in [0.1, 0.15) is 34.5 Å². The number of nitrogens with one attached hydrogen (secondary N) is 1. The van der Waals surface area contributed by atoms with Crippen LogP contribution in [0.2, 0.25) is 0 Å². The third-order valence-electron chi connectivity index (χ3n) is 3.32. The van der Waals surface area contributed by atoms with Crippen LogP contribution in [0.25, 0.3) is 0 Å². The highest BCUT2D eigenvalue weighted by molar-refractivity contribution is 5.92. The minimum absolute atomic E-state index is 0.134. The maximum Gasteiger partial charge on any atom is 0.339 e. The van der Waals surface area contributed by atoms with E-state index in [4.69, 9.17) is 10.5 Å². The summed E-state index contributed by atoms with van der Waals surface area (Å²) in [5.74, 6) is -1.52. The molecule has 2 rings (SSSR count). The van der Waals surface area contributed by atoms with Crippen LogP contribution in [0.3, 0.4) is 0 Å². The number of nitrogens with two attached hydrogens (primary N) is 1. The van der Waals surface area contributed by atoms with Crippen LogP contribution >= 0.6 is 0 Å². The van der Waals surface area contributed by atoms with Gasteiger partial charge in [0.1, 0.15) is 0 Å². The topological polar surface area (TPSA) is 98.5 Å². The van der Waals surface area contributed by atoms with Crippen LogP contribution in [-0.2, 0) is 20.9 Å². The zero-order valence-electron chi connectivity index (χ0n) is 13.2. The molecule has 6 nitrogen and oxygen atoms in total. The van der Waals surface area contributed by atoms with Crippen LogP contribution in [0.15, 0.2) is 54.6 Å². The number of carbonyl (C=O) groups excluding carboxylic acids is 3. The van der Waals surface area contributed by atoms with Crippen molar-refractivity contribution in [3.8, 4) is 0 Å². The summed E-state index contributed by atoms with van der Waals surface area (Å²) in [5.41, 5.74) is 6.98. The van der Waals surface area contributed by atoms with E-state index in [2.05, 4.69) is 5.32 Å². The lowest BCUT2D eigenvalue weighted by Crippen LogP contribution is -2.26. The van der Waals surface area contributed by atoms with Crippen molar-refractivity contribution < 1.29 is 19.1 Å². The molecule has 124 valence electrons. The van der Waals surface area contributed by atoms with Crippen molar-refractivity contribution in [3.05, 3.63) is 71.3 Å². The molecule has 0 bridgehead atoms. The molecule has 0 spiro atoms. The van der Waals surface area contributed by atoms with Crippen LogP contribution in [0.4, 0.5) is 0 Å². The molecule has 0 aliphatic heterocycles. The molecule has 6 heteroatoms. The molecule has 0 aliphatic carbocycles. The molecule has 0 aromatic heterocycles. The second-order valence-corrected chi connectivity index (χ2v) is 5.21. The molecule has 0 unspecified atom stereocenters. The molecule has 0 heterocycles. The van der Waals surface area contributed by atoms with Gasteiger partial charge in [-0.25, -0.2) is 4.79 Å². The smallest absolute Gasteiger partial charge is 0.339 e. The van der Waals surface area contributed by atoms with Gasteiger partial charge in [-0.2, -0.15) is 0 Å². The lowest BCUT2D eigenvalue weighted by atomic mass is 10.1. The standard InChI is InChI=1S/C18H18N2O4/c1-12(21)20-11-13-7-9-15(10-8-13)18(23)24-16(17(19)22)14-5-3-2-4-6-14/h2-10,16H,11H2,1H3,(H2,19,22)(H,20,21)/t16-/m1/s1. The van der Waals surface area contributed by atoms with E-state index in [0.29, 0.717) is 17.7 Å². The summed E-state index contributed by atoms with van der Waals surface area (Å²) in [6, 6.07) is 15.1. The molecule has 24 heavy (non-hydrogen) atoms. The van der Waals surface area contributed by atoms with Crippen LogP contribution in [0, 0.1) is 0 Å². The normalized spacial score (nSPS) is 11.4. The Balaban J connectivity index is 2.07. The summed E-state index contributed by atoms with van der Waals surface area (Å²) >= 11 is 0. The van der Waals surface area contributed by atoms with Crippen molar-refractivity contribution in [2.45, 2.75) is 19.6 Å². The van der Waals surface area contributed by atoms with Crippen LogP contribution < -0.4 is 11.1 Å². The Morgan fingerprint density at radius 2 is 1.67 bits per heavy atom. The number of hydrogen-bond donors (Lipinski definition) is 2. The highest BCUT2D eigenvalue weighted by Crippen LogP contribution is 2.19. The Kier molecular flexibility index (Phi) is 5.68. The Morgan fingerprint density at radius 1 is 1.04 bits per heavy atom. The first-order valence-electron chi connectivity index (χ1n) is 7.36. The lowest BCUT2D eigenvalue weighted by molar-refractivity contribution is -0.127. The Bertz CT molecular complexity index is 726. The van der Waals surface area contributed by atoms with Crippen molar-refractivity contribution in [1.29, 1.82) is 0 Å². The summed E-state index contributed by atoms with van der Waals surface area (Å²) in [5, 5.41) is 2.66. The highest BCUT2D eigenvalue weighted by Gasteiger charge is 2.23. The molecular formula is C18H18N2O4. The van der Waals surface area contributed by atoms with Gasteiger partial charge in [-0.3, -0.25) is 9.59 Å². The van der Waals surface area contributed by atoms with Gasteiger partial charge in [0.15, 0.2) is 0 Å². The van der Waals surface area contributed by atoms with E-state index in [1.54, 1.807) is 54.6 Å². The number of rotatable bonds is 6. The van der Waals surface area contributed by atoms with E-state index in [9.17, 15) is 14.4 Å². The summed E-state index contributed by atoms with van der Waals surface area (Å²) in [4.78, 5) is 34.7. The summed E-state index contributed by atoms with van der Waals surface area (Å²) in [6.07, 6.45) is -1.14. The molecular weight excluding hydrogens is 308 g/mol. The summed E-state index contributed by atoms with van der Waals surface area (Å²) in [6.45, 7) is 1.80. The van der Waals surface area contributed by atoms with Crippen LogP contribution in [0.5, 0.6) is 0 Å². The van der Waals surface area contributed by atoms with E-state index >= 15 is 0 Å². The van der Waals surface area contributed by atoms with Gasteiger partial charge in [-0.15, -0.1) is 0 Å². The first-order chi connectivity index (χ1) is 11.5. The molecule has 0 aliphatic rings. The molecule has 1 atom stereocenters. The second kappa shape index (κ2) is 7.92. The number of hydrogen-bond acceptors (Lipinski definition) is 4. The maximum atomic E-state index is 12.2. The van der Waals surface area contributed by atoms with Gasteiger partial charge in [0.25, 0.3) is 5.91 Å². The fraction of sp³-hybridized carbons (Fsp3) is 0.167. The molecule has 0 saturated carbocycles. The van der Waals surface area contributed by atoms with Gasteiger partial charge in [0, 0.05) is 19.0 Å². The number of ether oxygens (including phenoxy) is 1. The summed E-state index contributed by atoms with van der Waals surface area (Å²) in [7, 11) is 0. The zero-order chi connectivity index (χ0) is 17.5. The number of amides is 2. The number of benzene rings is 2. The summed E-state index contributed by atoms with van der Waals surface area (Å²) < 4.78 is 5.24. The van der Waals surface area contributed by atoms with Gasteiger partial charge >= 0.3 is 5.97 Å². The van der Waals surface area contributed by atoms with Gasteiger partial charge in [-0.05, 0) is 17.7 Å². The number of carbonyl (C=O) groups is 3. The number of esters is 1. The van der Waals surface area contributed by atoms with Gasteiger partial charge < -0.3 is 15.8 Å². The minimum atomic E-state index is -1.14. The quantitative estimate of drug-likeness (QED) is 0.789. The van der Waals surface area contributed by atoms with E-state index in [1.807, 2.05) is 0 Å². The molecule has 0 fully saturated rings. The fourth-order valence-corrected chi connectivity index (χ4v) is 2.08. The van der Waals surface area contributed by atoms with E-state index < -0.39 is 18.0 Å². The van der Waals surface area contributed by atoms with E-state index in [0.717, 1.165) is 5.56 Å². The van der Waals surface area contributed by atoms with Gasteiger partial charge in [0.05, 0.1) is 5.56 Å². The molecule has 3 N–H and O–H groups in total. The number of primary amides is 1. The molecule has 2 aromatic carbocycles. The van der Waals surface area contributed by atoms with Gasteiger partial charge in [0.2, 0.25) is 12.0 Å². The van der Waals surface area contributed by atoms with Crippen molar-refractivity contribution >= 4 is 17.8 Å². The Morgan fingerprint density at radius 3 is 2.21 bits per heavy atom. The zero-order valence-corrected chi connectivity index (χ0v) is 13.2. The van der Waals surface area contributed by atoms with E-state index in [1.165, 1.54) is 6.92 Å². The minimum Gasteiger partial charge on any atom is -0.444 e. The SMILES string of the molecule is CC(=O)NCc1ccc(C(=O)O[C@@H](C(N)=O)c2ccccc2)cc1. The molecule has 2 aromatic rings.